The minimum Gasteiger partial charge on any atom is -0.462 e. The number of esters is 1. The lowest BCUT2D eigenvalue weighted by molar-refractivity contribution is 0.0526. The largest absolute Gasteiger partial charge is 0.462 e. The van der Waals surface area contributed by atoms with E-state index in [0.717, 1.165) is 4.90 Å². The summed E-state index contributed by atoms with van der Waals surface area (Å²) in [6.07, 6.45) is -0.841. The Bertz CT molecular complexity index is 955. The zero-order valence-corrected chi connectivity index (χ0v) is 18.4. The van der Waals surface area contributed by atoms with E-state index in [1.54, 1.807) is 26.0 Å². The molecule has 164 valence electrons. The van der Waals surface area contributed by atoms with Gasteiger partial charge in [-0.1, -0.05) is 32.9 Å². The molecule has 2 rings (SSSR count). The lowest BCUT2D eigenvalue weighted by atomic mass is 9.86. The number of rotatable bonds is 6. The third kappa shape index (κ3) is 5.78. The molecule has 2 amide bonds. The maximum Gasteiger partial charge on any atom is 0.421 e. The number of nitrogens with zero attached hydrogens (tertiary/aromatic N) is 1. The molecule has 0 atom stereocenters. The topological polar surface area (TPSA) is 90.0 Å². The molecule has 0 N–H and O–H groups in total. The third-order valence-electron chi connectivity index (χ3n) is 4.37. The summed E-state index contributed by atoms with van der Waals surface area (Å²) >= 11 is 0. The Morgan fingerprint density at radius 1 is 0.742 bits per heavy atom. The Kier molecular flexibility index (Phi) is 7.69. The molecule has 0 bridgehead atoms. The second-order valence-electron chi connectivity index (χ2n) is 7.76. The molecule has 0 unspecified atom stereocenters. The highest BCUT2D eigenvalue weighted by Gasteiger charge is 2.27. The number of hydrogen-bond acceptors (Lipinski definition) is 6. The number of amides is 2. The van der Waals surface area contributed by atoms with Gasteiger partial charge in [0.1, 0.15) is 0 Å². The summed E-state index contributed by atoms with van der Waals surface area (Å²) in [6, 6.07) is 12.0. The number of carbonyl (C=O) groups excluding carboxylic acids is 4. The molecule has 0 saturated heterocycles. The Morgan fingerprint density at radius 2 is 1.23 bits per heavy atom. The number of ether oxygens (including phenoxy) is 2. The molecule has 7 nitrogen and oxygen atoms in total. The first-order valence-electron chi connectivity index (χ1n) is 10.0. The van der Waals surface area contributed by atoms with E-state index in [1.807, 2.05) is 20.8 Å². The number of anilines is 1. The van der Waals surface area contributed by atoms with Gasteiger partial charge in [-0.05, 0) is 50.2 Å². The summed E-state index contributed by atoms with van der Waals surface area (Å²) in [5.74, 6) is -1.16. The van der Waals surface area contributed by atoms with E-state index >= 15 is 0 Å². The van der Waals surface area contributed by atoms with E-state index in [2.05, 4.69) is 0 Å². The number of ketones is 1. The zero-order valence-electron chi connectivity index (χ0n) is 18.4. The van der Waals surface area contributed by atoms with Gasteiger partial charge in [0.2, 0.25) is 0 Å². The predicted molar refractivity (Wildman–Crippen MR) is 116 cm³/mol. The Balaban J connectivity index is 2.36. The van der Waals surface area contributed by atoms with Crippen molar-refractivity contribution in [3.63, 3.8) is 0 Å². The van der Waals surface area contributed by atoms with Gasteiger partial charge in [-0.25, -0.2) is 14.5 Å². The van der Waals surface area contributed by atoms with E-state index in [9.17, 15) is 19.2 Å². The second-order valence-corrected chi connectivity index (χ2v) is 7.76. The van der Waals surface area contributed by atoms with E-state index in [4.69, 9.17) is 9.47 Å². The van der Waals surface area contributed by atoms with Crippen molar-refractivity contribution in [2.75, 3.05) is 18.1 Å². The molecule has 0 aromatic heterocycles. The highest BCUT2D eigenvalue weighted by molar-refractivity contribution is 6.19. The molecule has 0 spiro atoms. The van der Waals surface area contributed by atoms with Crippen molar-refractivity contribution in [2.45, 2.75) is 34.6 Å². The summed E-state index contributed by atoms with van der Waals surface area (Å²) in [5.41, 5.74) is 0.681. The van der Waals surface area contributed by atoms with Crippen molar-refractivity contribution in [3.8, 4) is 0 Å². The van der Waals surface area contributed by atoms with Crippen LogP contribution in [0.15, 0.2) is 48.5 Å². The fourth-order valence-electron chi connectivity index (χ4n) is 2.78. The average Bonchev–Trinajstić information content (AvgIpc) is 2.73. The Hall–Kier alpha value is -3.48. The molecule has 31 heavy (non-hydrogen) atoms. The first kappa shape index (κ1) is 23.8. The van der Waals surface area contributed by atoms with Crippen LogP contribution in [0.25, 0.3) is 0 Å². The van der Waals surface area contributed by atoms with Crippen LogP contribution in [0.1, 0.15) is 65.7 Å². The number of Topliss-reactive ketones (excluding diaryl/α,β-unsaturated/α-hetero) is 1. The van der Waals surface area contributed by atoms with Gasteiger partial charge in [0.15, 0.2) is 5.78 Å². The summed E-state index contributed by atoms with van der Waals surface area (Å²) in [7, 11) is 0. The van der Waals surface area contributed by atoms with Crippen molar-refractivity contribution in [2.24, 2.45) is 5.41 Å². The molecule has 2 aromatic rings. The highest BCUT2D eigenvalue weighted by atomic mass is 16.6. The normalized spacial score (nSPS) is 10.9. The van der Waals surface area contributed by atoms with Gasteiger partial charge in [0, 0.05) is 16.5 Å². The molecule has 0 aliphatic carbocycles. The van der Waals surface area contributed by atoms with Gasteiger partial charge in [-0.2, -0.15) is 0 Å². The van der Waals surface area contributed by atoms with Crippen molar-refractivity contribution in [1.29, 1.82) is 0 Å². The minimum atomic E-state index is -0.841. The lowest BCUT2D eigenvalue weighted by Gasteiger charge is -2.21. The fourth-order valence-corrected chi connectivity index (χ4v) is 2.78. The molecular weight excluding hydrogens is 398 g/mol. The van der Waals surface area contributed by atoms with E-state index < -0.39 is 23.4 Å². The van der Waals surface area contributed by atoms with E-state index in [1.165, 1.54) is 36.4 Å². The minimum absolute atomic E-state index is 0.0525. The van der Waals surface area contributed by atoms with Crippen LogP contribution in [0.4, 0.5) is 10.5 Å². The zero-order chi connectivity index (χ0) is 23.2. The quantitative estimate of drug-likeness (QED) is 0.483. The molecule has 0 heterocycles. The molecule has 7 heteroatoms. The van der Waals surface area contributed by atoms with Gasteiger partial charge in [0.25, 0.3) is 5.91 Å². The highest BCUT2D eigenvalue weighted by Crippen LogP contribution is 2.23. The van der Waals surface area contributed by atoms with Crippen LogP contribution in [0.3, 0.4) is 0 Å². The van der Waals surface area contributed by atoms with Gasteiger partial charge in [0.05, 0.1) is 24.5 Å². The third-order valence-corrected chi connectivity index (χ3v) is 4.37. The molecule has 0 aliphatic heterocycles. The molecule has 2 aromatic carbocycles. The van der Waals surface area contributed by atoms with Gasteiger partial charge >= 0.3 is 12.1 Å². The van der Waals surface area contributed by atoms with Gasteiger partial charge in [-0.3, -0.25) is 9.59 Å². The molecule has 0 radical (unpaired) electrons. The van der Waals surface area contributed by atoms with Crippen LogP contribution >= 0.6 is 0 Å². The standard InChI is InChI=1S/C24H27NO6/c1-6-30-22(28)18-12-14-19(15-13-18)25(23(29)31-7-2)21(27)17-10-8-16(9-11-17)20(26)24(3,4)5/h8-15H,6-7H2,1-5H3. The summed E-state index contributed by atoms with van der Waals surface area (Å²) in [4.78, 5) is 50.8. The smallest absolute Gasteiger partial charge is 0.421 e. The van der Waals surface area contributed by atoms with Crippen molar-refractivity contribution >= 4 is 29.4 Å². The second kappa shape index (κ2) is 10.0. The predicted octanol–water partition coefficient (Wildman–Crippen LogP) is 4.90. The maximum atomic E-state index is 13.1. The maximum absolute atomic E-state index is 13.1. The van der Waals surface area contributed by atoms with Gasteiger partial charge < -0.3 is 9.47 Å². The monoisotopic (exact) mass is 425 g/mol. The van der Waals surface area contributed by atoms with E-state index in [-0.39, 0.29) is 30.2 Å². The number of benzene rings is 2. The van der Waals surface area contributed by atoms with Crippen LogP contribution in [0.2, 0.25) is 0 Å². The lowest BCUT2D eigenvalue weighted by Crippen LogP contribution is -2.37. The Morgan fingerprint density at radius 3 is 1.71 bits per heavy atom. The van der Waals surface area contributed by atoms with Gasteiger partial charge in [-0.15, -0.1) is 0 Å². The van der Waals surface area contributed by atoms with Crippen LogP contribution in [-0.2, 0) is 9.47 Å². The Labute approximate surface area is 182 Å². The van der Waals surface area contributed by atoms with Crippen LogP contribution in [0.5, 0.6) is 0 Å². The SMILES string of the molecule is CCOC(=O)c1ccc(N(C(=O)OCC)C(=O)c2ccc(C(=O)C(C)(C)C)cc2)cc1. The van der Waals surface area contributed by atoms with Crippen molar-refractivity contribution in [1.82, 2.24) is 0 Å². The first-order valence-corrected chi connectivity index (χ1v) is 10.0. The number of imide groups is 1. The summed E-state index contributed by atoms with van der Waals surface area (Å²) < 4.78 is 9.99. The van der Waals surface area contributed by atoms with Crippen LogP contribution < -0.4 is 4.90 Å². The van der Waals surface area contributed by atoms with Crippen LogP contribution in [-0.4, -0.2) is 37.0 Å². The molecule has 0 fully saturated rings. The number of carbonyl (C=O) groups is 4. The first-order chi connectivity index (χ1) is 14.6. The van der Waals surface area contributed by atoms with Crippen molar-refractivity contribution in [3.05, 3.63) is 65.2 Å². The molecule has 0 aliphatic rings. The fraction of sp³-hybridized carbons (Fsp3) is 0.333. The summed E-state index contributed by atoms with van der Waals surface area (Å²) in [6.45, 7) is 9.11. The molecular formula is C24H27NO6. The summed E-state index contributed by atoms with van der Waals surface area (Å²) in [5, 5.41) is 0. The molecule has 0 saturated carbocycles. The van der Waals surface area contributed by atoms with Crippen molar-refractivity contribution < 1.29 is 28.7 Å². The average molecular weight is 425 g/mol. The van der Waals surface area contributed by atoms with Crippen LogP contribution in [0, 0.1) is 5.41 Å². The van der Waals surface area contributed by atoms with E-state index in [0.29, 0.717) is 11.1 Å². The number of hydrogen-bond donors (Lipinski definition) is 0.